The van der Waals surface area contributed by atoms with E-state index in [2.05, 4.69) is 4.57 Å². The predicted molar refractivity (Wildman–Crippen MR) is 67.9 cm³/mol. The maximum Gasteiger partial charge on any atom is 0.335 e. The van der Waals surface area contributed by atoms with Crippen LogP contribution in [0.1, 0.15) is 35.0 Å². The lowest BCUT2D eigenvalue weighted by Crippen LogP contribution is -2.06. The van der Waals surface area contributed by atoms with Gasteiger partial charge in [0.25, 0.3) is 0 Å². The quantitative estimate of drug-likeness (QED) is 0.885. The van der Waals surface area contributed by atoms with Gasteiger partial charge in [0.1, 0.15) is 6.23 Å². The van der Waals surface area contributed by atoms with Gasteiger partial charge in [-0.1, -0.05) is 6.07 Å². The van der Waals surface area contributed by atoms with Crippen LogP contribution in [-0.4, -0.2) is 22.2 Å². The molecule has 1 unspecified atom stereocenters. The Morgan fingerprint density at radius 1 is 1.50 bits per heavy atom. The maximum absolute atomic E-state index is 11.0. The van der Waals surface area contributed by atoms with Gasteiger partial charge in [-0.05, 0) is 37.5 Å². The summed E-state index contributed by atoms with van der Waals surface area (Å²) in [7, 11) is 0. The van der Waals surface area contributed by atoms with Crippen LogP contribution in [0.25, 0.3) is 10.9 Å². The summed E-state index contributed by atoms with van der Waals surface area (Å²) < 4.78 is 7.74. The van der Waals surface area contributed by atoms with Crippen molar-refractivity contribution in [2.24, 2.45) is 0 Å². The molecule has 4 nitrogen and oxygen atoms in total. The van der Waals surface area contributed by atoms with E-state index < -0.39 is 5.97 Å². The van der Waals surface area contributed by atoms with E-state index >= 15 is 0 Å². The van der Waals surface area contributed by atoms with Gasteiger partial charge in [0, 0.05) is 18.2 Å². The summed E-state index contributed by atoms with van der Waals surface area (Å²) in [4.78, 5) is 11.0. The number of benzene rings is 1. The largest absolute Gasteiger partial charge is 0.478 e. The van der Waals surface area contributed by atoms with E-state index in [4.69, 9.17) is 9.84 Å². The van der Waals surface area contributed by atoms with Gasteiger partial charge in [-0.3, -0.25) is 0 Å². The summed E-state index contributed by atoms with van der Waals surface area (Å²) in [5, 5.41) is 10.2. The highest BCUT2D eigenvalue weighted by atomic mass is 16.5. The number of carboxylic acid groups (broad SMARTS) is 1. The summed E-state index contributed by atoms with van der Waals surface area (Å²) in [6.07, 6.45) is 4.14. The Morgan fingerprint density at radius 2 is 2.33 bits per heavy atom. The summed E-state index contributed by atoms with van der Waals surface area (Å²) >= 11 is 0. The van der Waals surface area contributed by atoms with Crippen molar-refractivity contribution >= 4 is 16.9 Å². The Labute approximate surface area is 105 Å². The average molecular weight is 245 g/mol. The van der Waals surface area contributed by atoms with Crippen LogP contribution in [0.3, 0.4) is 0 Å². The number of hydrogen-bond acceptors (Lipinski definition) is 2. The molecule has 2 heterocycles. The van der Waals surface area contributed by atoms with E-state index in [1.807, 2.05) is 19.2 Å². The van der Waals surface area contributed by atoms with Crippen LogP contribution in [-0.2, 0) is 4.74 Å². The van der Waals surface area contributed by atoms with E-state index in [1.165, 1.54) is 0 Å². The molecule has 0 bridgehead atoms. The van der Waals surface area contributed by atoms with E-state index in [0.29, 0.717) is 5.56 Å². The Kier molecular flexibility index (Phi) is 2.59. The van der Waals surface area contributed by atoms with Crippen LogP contribution in [0.2, 0.25) is 0 Å². The van der Waals surface area contributed by atoms with Gasteiger partial charge >= 0.3 is 5.97 Å². The minimum atomic E-state index is -0.894. The van der Waals surface area contributed by atoms with Crippen molar-refractivity contribution in [3.8, 4) is 0 Å². The summed E-state index contributed by atoms with van der Waals surface area (Å²) in [6.45, 7) is 2.82. The van der Waals surface area contributed by atoms with Gasteiger partial charge in [0.05, 0.1) is 11.1 Å². The van der Waals surface area contributed by atoms with Crippen molar-refractivity contribution in [2.45, 2.75) is 26.0 Å². The molecule has 1 saturated heterocycles. The first-order valence-electron chi connectivity index (χ1n) is 6.13. The molecule has 1 aromatic heterocycles. The number of carboxylic acids is 1. The molecule has 1 aliphatic heterocycles. The van der Waals surface area contributed by atoms with Gasteiger partial charge in [-0.2, -0.15) is 0 Å². The Hall–Kier alpha value is -1.81. The molecule has 0 radical (unpaired) electrons. The molecule has 0 amide bonds. The molecule has 94 valence electrons. The first kappa shape index (κ1) is 11.3. The lowest BCUT2D eigenvalue weighted by atomic mass is 10.1. The number of aromatic carboxylic acids is 1. The van der Waals surface area contributed by atoms with Crippen LogP contribution in [0.5, 0.6) is 0 Å². The molecule has 0 spiro atoms. The highest BCUT2D eigenvalue weighted by Crippen LogP contribution is 2.30. The second-order valence-electron chi connectivity index (χ2n) is 4.72. The first-order valence-corrected chi connectivity index (χ1v) is 6.13. The zero-order chi connectivity index (χ0) is 12.7. The lowest BCUT2D eigenvalue weighted by molar-refractivity contribution is 0.0599. The van der Waals surface area contributed by atoms with Crippen LogP contribution < -0.4 is 0 Å². The number of hydrogen-bond donors (Lipinski definition) is 1. The molecule has 1 aromatic carbocycles. The number of nitrogens with zero attached hydrogens (tertiary/aromatic N) is 1. The molecule has 1 fully saturated rings. The molecule has 0 saturated carbocycles. The summed E-state index contributed by atoms with van der Waals surface area (Å²) in [5.41, 5.74) is 2.41. The fourth-order valence-corrected chi connectivity index (χ4v) is 2.58. The van der Waals surface area contributed by atoms with Crippen molar-refractivity contribution in [1.82, 2.24) is 4.57 Å². The maximum atomic E-state index is 11.0. The molecule has 1 aliphatic rings. The number of carbonyl (C=O) groups is 1. The molecule has 0 aliphatic carbocycles. The minimum absolute atomic E-state index is 0.0465. The van der Waals surface area contributed by atoms with E-state index in [1.54, 1.807) is 12.1 Å². The summed E-state index contributed by atoms with van der Waals surface area (Å²) in [5.74, 6) is -0.894. The topological polar surface area (TPSA) is 51.5 Å². The molecule has 1 atom stereocenters. The van der Waals surface area contributed by atoms with Crippen LogP contribution in [0.15, 0.2) is 24.4 Å². The molecular formula is C14H15NO3. The third-order valence-electron chi connectivity index (χ3n) is 3.50. The lowest BCUT2D eigenvalue weighted by Gasteiger charge is -2.13. The Morgan fingerprint density at radius 3 is 3.00 bits per heavy atom. The Balaban J connectivity index is 2.18. The number of rotatable bonds is 2. The number of fused-ring (bicyclic) bond motifs is 1. The average Bonchev–Trinajstić information content (AvgIpc) is 2.97. The standard InChI is InChI=1S/C14H15NO3/c1-9-8-15(13-3-2-6-18-13)12-7-10(14(16)17)4-5-11(9)12/h4-5,7-8,13H,2-3,6H2,1H3,(H,16,17). The van der Waals surface area contributed by atoms with Crippen LogP contribution in [0, 0.1) is 6.92 Å². The second-order valence-corrected chi connectivity index (χ2v) is 4.72. The smallest absolute Gasteiger partial charge is 0.335 e. The van der Waals surface area contributed by atoms with E-state index in [0.717, 1.165) is 35.9 Å². The molecule has 18 heavy (non-hydrogen) atoms. The van der Waals surface area contributed by atoms with Crippen molar-refractivity contribution < 1.29 is 14.6 Å². The normalized spacial score (nSPS) is 19.5. The van der Waals surface area contributed by atoms with Crippen LogP contribution >= 0.6 is 0 Å². The number of ether oxygens (including phenoxy) is 1. The number of aromatic nitrogens is 1. The number of aryl methyl sites for hydroxylation is 1. The fraction of sp³-hybridized carbons (Fsp3) is 0.357. The highest BCUT2D eigenvalue weighted by Gasteiger charge is 2.20. The third-order valence-corrected chi connectivity index (χ3v) is 3.50. The monoisotopic (exact) mass is 245 g/mol. The second kappa shape index (κ2) is 4.14. The molecule has 2 aromatic rings. The SMILES string of the molecule is Cc1cn(C2CCCO2)c2cc(C(=O)O)ccc12. The minimum Gasteiger partial charge on any atom is -0.478 e. The van der Waals surface area contributed by atoms with Crippen molar-refractivity contribution in [3.05, 3.63) is 35.5 Å². The molecule has 4 heteroatoms. The predicted octanol–water partition coefficient (Wildman–Crippen LogP) is 2.96. The van der Waals surface area contributed by atoms with Crippen LogP contribution in [0.4, 0.5) is 0 Å². The van der Waals surface area contributed by atoms with E-state index in [-0.39, 0.29) is 6.23 Å². The zero-order valence-electron chi connectivity index (χ0n) is 10.2. The first-order chi connectivity index (χ1) is 8.66. The summed E-state index contributed by atoms with van der Waals surface area (Å²) in [6, 6.07) is 5.25. The van der Waals surface area contributed by atoms with Gasteiger partial charge in [-0.15, -0.1) is 0 Å². The Bertz CT molecular complexity index is 609. The van der Waals surface area contributed by atoms with Crippen molar-refractivity contribution in [3.63, 3.8) is 0 Å². The van der Waals surface area contributed by atoms with Gasteiger partial charge < -0.3 is 14.4 Å². The third kappa shape index (κ3) is 1.69. The van der Waals surface area contributed by atoms with Crippen molar-refractivity contribution in [1.29, 1.82) is 0 Å². The zero-order valence-corrected chi connectivity index (χ0v) is 10.2. The van der Waals surface area contributed by atoms with Gasteiger partial charge in [0.15, 0.2) is 0 Å². The fourth-order valence-electron chi connectivity index (χ4n) is 2.58. The molecule has 3 rings (SSSR count). The molecular weight excluding hydrogens is 230 g/mol. The van der Waals surface area contributed by atoms with Gasteiger partial charge in [0.2, 0.25) is 0 Å². The van der Waals surface area contributed by atoms with E-state index in [9.17, 15) is 4.79 Å². The van der Waals surface area contributed by atoms with Crippen molar-refractivity contribution in [2.75, 3.05) is 6.61 Å². The highest BCUT2D eigenvalue weighted by molar-refractivity contribution is 5.94. The van der Waals surface area contributed by atoms with Gasteiger partial charge in [-0.25, -0.2) is 4.79 Å². The molecule has 1 N–H and O–H groups in total.